The quantitative estimate of drug-likeness (QED) is 0.486. The fourth-order valence-electron chi connectivity index (χ4n) is 1.29. The zero-order valence-corrected chi connectivity index (χ0v) is 7.12. The summed E-state index contributed by atoms with van der Waals surface area (Å²) in [6, 6.07) is 1.83. The number of pyridine rings is 1. The van der Waals surface area contributed by atoms with Crippen LogP contribution in [0, 0.1) is 0 Å². The molecule has 3 aromatic rings. The summed E-state index contributed by atoms with van der Waals surface area (Å²) in [5.41, 5.74) is 2.67. The molecule has 0 spiro atoms. The molecule has 0 fully saturated rings. The molecule has 0 aliphatic rings. The number of fused-ring (bicyclic) bond motifs is 2. The van der Waals surface area contributed by atoms with E-state index in [-0.39, 0.29) is 0 Å². The Labute approximate surface area is 78.9 Å². The van der Waals surface area contributed by atoms with Crippen molar-refractivity contribution in [3.8, 4) is 0 Å². The number of rotatable bonds is 0. The van der Waals surface area contributed by atoms with Gasteiger partial charge in [0.2, 0.25) is 0 Å². The SMILES string of the molecule is c1cnc2nc3nccnc3cc2n1. The molecule has 0 saturated heterocycles. The van der Waals surface area contributed by atoms with Crippen molar-refractivity contribution in [2.24, 2.45) is 0 Å². The third-order valence-corrected chi connectivity index (χ3v) is 1.90. The Morgan fingerprint density at radius 3 is 1.71 bits per heavy atom. The summed E-state index contributed by atoms with van der Waals surface area (Å²) in [7, 11) is 0. The summed E-state index contributed by atoms with van der Waals surface area (Å²) >= 11 is 0. The van der Waals surface area contributed by atoms with Gasteiger partial charge in [-0.2, -0.15) is 0 Å². The maximum Gasteiger partial charge on any atom is 0.180 e. The monoisotopic (exact) mass is 183 g/mol. The van der Waals surface area contributed by atoms with Crippen LogP contribution in [0.4, 0.5) is 0 Å². The third kappa shape index (κ3) is 0.990. The Hall–Kier alpha value is -2.17. The van der Waals surface area contributed by atoms with E-state index in [0.717, 1.165) is 11.0 Å². The van der Waals surface area contributed by atoms with Gasteiger partial charge >= 0.3 is 0 Å². The fourth-order valence-corrected chi connectivity index (χ4v) is 1.29. The minimum absolute atomic E-state index is 0.598. The van der Waals surface area contributed by atoms with Crippen LogP contribution in [0.5, 0.6) is 0 Å². The molecule has 0 saturated carbocycles. The Morgan fingerprint density at radius 1 is 0.643 bits per heavy atom. The molecule has 3 rings (SSSR count). The minimum atomic E-state index is 0.598. The van der Waals surface area contributed by atoms with Crippen molar-refractivity contribution in [1.82, 2.24) is 24.9 Å². The molecular weight excluding hydrogens is 178 g/mol. The van der Waals surface area contributed by atoms with Crippen LogP contribution in [0.3, 0.4) is 0 Å². The van der Waals surface area contributed by atoms with Crippen molar-refractivity contribution in [2.45, 2.75) is 0 Å². The fraction of sp³-hybridized carbons (Fsp3) is 0. The van der Waals surface area contributed by atoms with Crippen molar-refractivity contribution < 1.29 is 0 Å². The van der Waals surface area contributed by atoms with Crippen molar-refractivity contribution in [1.29, 1.82) is 0 Å². The first-order chi connectivity index (χ1) is 6.93. The summed E-state index contributed by atoms with van der Waals surface area (Å²) in [6.07, 6.45) is 6.48. The predicted molar refractivity (Wildman–Crippen MR) is 50.4 cm³/mol. The molecule has 5 heteroatoms. The molecule has 0 unspecified atom stereocenters. The number of hydrogen-bond acceptors (Lipinski definition) is 5. The van der Waals surface area contributed by atoms with E-state index < -0.39 is 0 Å². The Kier molecular flexibility index (Phi) is 1.38. The van der Waals surface area contributed by atoms with Gasteiger partial charge in [-0.3, -0.25) is 9.97 Å². The first-order valence-electron chi connectivity index (χ1n) is 4.12. The van der Waals surface area contributed by atoms with E-state index in [0.29, 0.717) is 11.3 Å². The summed E-state index contributed by atoms with van der Waals surface area (Å²) in [4.78, 5) is 20.7. The summed E-state index contributed by atoms with van der Waals surface area (Å²) in [5, 5.41) is 0. The zero-order chi connectivity index (χ0) is 9.38. The van der Waals surface area contributed by atoms with E-state index in [1.54, 1.807) is 24.8 Å². The average Bonchev–Trinajstić information content (AvgIpc) is 2.26. The molecule has 0 amide bonds. The van der Waals surface area contributed by atoms with Gasteiger partial charge in [-0.25, -0.2) is 15.0 Å². The highest BCUT2D eigenvalue weighted by atomic mass is 15.0. The molecule has 0 bridgehead atoms. The molecule has 5 nitrogen and oxygen atoms in total. The van der Waals surface area contributed by atoms with E-state index in [1.165, 1.54) is 0 Å². The largest absolute Gasteiger partial charge is 0.251 e. The zero-order valence-electron chi connectivity index (χ0n) is 7.12. The van der Waals surface area contributed by atoms with Crippen LogP contribution >= 0.6 is 0 Å². The van der Waals surface area contributed by atoms with Crippen LogP contribution in [0.2, 0.25) is 0 Å². The first-order valence-corrected chi connectivity index (χ1v) is 4.12. The van der Waals surface area contributed by atoms with Gasteiger partial charge in [0.1, 0.15) is 11.0 Å². The van der Waals surface area contributed by atoms with Crippen LogP contribution in [0.25, 0.3) is 22.3 Å². The summed E-state index contributed by atoms with van der Waals surface area (Å²) < 4.78 is 0. The van der Waals surface area contributed by atoms with Crippen molar-refractivity contribution >= 4 is 22.3 Å². The lowest BCUT2D eigenvalue weighted by atomic mass is 10.4. The minimum Gasteiger partial charge on any atom is -0.251 e. The molecule has 0 aliphatic carbocycles. The van der Waals surface area contributed by atoms with Gasteiger partial charge in [-0.1, -0.05) is 0 Å². The maximum atomic E-state index is 4.23. The first kappa shape index (κ1) is 7.25. The predicted octanol–water partition coefficient (Wildman–Crippen LogP) is 0.968. The molecule has 0 radical (unpaired) electrons. The smallest absolute Gasteiger partial charge is 0.180 e. The van der Waals surface area contributed by atoms with E-state index >= 15 is 0 Å². The lowest BCUT2D eigenvalue weighted by molar-refractivity contribution is 1.20. The second-order valence-electron chi connectivity index (χ2n) is 2.79. The standard InChI is InChI=1S/C9H5N5/c1-3-12-8-6(10-1)5-7-9(14-8)13-4-2-11-7/h1-5H. The number of nitrogens with zero attached hydrogens (tertiary/aromatic N) is 5. The van der Waals surface area contributed by atoms with Crippen LogP contribution in [-0.4, -0.2) is 24.9 Å². The highest BCUT2D eigenvalue weighted by Crippen LogP contribution is 2.11. The summed E-state index contributed by atoms with van der Waals surface area (Å²) in [6.45, 7) is 0. The van der Waals surface area contributed by atoms with Crippen molar-refractivity contribution in [3.63, 3.8) is 0 Å². The van der Waals surface area contributed by atoms with E-state index in [1.807, 2.05) is 6.07 Å². The highest BCUT2D eigenvalue weighted by molar-refractivity contribution is 5.83. The van der Waals surface area contributed by atoms with Gasteiger partial charge in [0.25, 0.3) is 0 Å². The molecule has 3 heterocycles. The Morgan fingerprint density at radius 2 is 1.14 bits per heavy atom. The van der Waals surface area contributed by atoms with Gasteiger partial charge in [0, 0.05) is 24.8 Å². The van der Waals surface area contributed by atoms with Crippen LogP contribution in [0.15, 0.2) is 30.9 Å². The molecule has 0 aromatic carbocycles. The van der Waals surface area contributed by atoms with E-state index in [2.05, 4.69) is 24.9 Å². The van der Waals surface area contributed by atoms with Crippen molar-refractivity contribution in [2.75, 3.05) is 0 Å². The highest BCUT2D eigenvalue weighted by Gasteiger charge is 2.01. The number of aromatic nitrogens is 5. The normalized spacial score (nSPS) is 10.9. The van der Waals surface area contributed by atoms with Gasteiger partial charge in [0.15, 0.2) is 11.3 Å². The maximum absolute atomic E-state index is 4.23. The summed E-state index contributed by atoms with van der Waals surface area (Å²) in [5.74, 6) is 0. The van der Waals surface area contributed by atoms with Gasteiger partial charge < -0.3 is 0 Å². The Balaban J connectivity index is 2.52. The Bertz CT molecular complexity index is 502. The van der Waals surface area contributed by atoms with Gasteiger partial charge in [-0.15, -0.1) is 0 Å². The molecule has 3 aromatic heterocycles. The van der Waals surface area contributed by atoms with E-state index in [9.17, 15) is 0 Å². The average molecular weight is 183 g/mol. The van der Waals surface area contributed by atoms with Gasteiger partial charge in [-0.05, 0) is 6.07 Å². The van der Waals surface area contributed by atoms with Gasteiger partial charge in [0.05, 0.1) is 0 Å². The van der Waals surface area contributed by atoms with E-state index in [4.69, 9.17) is 0 Å². The molecule has 0 atom stereocenters. The lowest BCUT2D eigenvalue weighted by Crippen LogP contribution is -1.91. The topological polar surface area (TPSA) is 64.5 Å². The van der Waals surface area contributed by atoms with Crippen molar-refractivity contribution in [3.05, 3.63) is 30.9 Å². The second kappa shape index (κ2) is 2.66. The molecular formula is C9H5N5. The molecule has 0 aliphatic heterocycles. The van der Waals surface area contributed by atoms with Crippen LogP contribution < -0.4 is 0 Å². The van der Waals surface area contributed by atoms with Crippen LogP contribution in [-0.2, 0) is 0 Å². The second-order valence-corrected chi connectivity index (χ2v) is 2.79. The van der Waals surface area contributed by atoms with Crippen LogP contribution in [0.1, 0.15) is 0 Å². The lowest BCUT2D eigenvalue weighted by Gasteiger charge is -1.96. The molecule has 0 N–H and O–H groups in total. The number of hydrogen-bond donors (Lipinski definition) is 0. The molecule has 66 valence electrons. The third-order valence-electron chi connectivity index (χ3n) is 1.90. The molecule has 14 heavy (non-hydrogen) atoms.